The minimum atomic E-state index is -1.00. The molecule has 0 aliphatic carbocycles. The minimum absolute atomic E-state index is 1.00. The highest BCUT2D eigenvalue weighted by atomic mass is 18.2. The van der Waals surface area contributed by atoms with E-state index in [0.29, 0.717) is 0 Å². The lowest BCUT2D eigenvalue weighted by molar-refractivity contribution is 0.246. The summed E-state index contributed by atoms with van der Waals surface area (Å²) in [5.74, 6) is 0. The molecular formula is C4H9F. The van der Waals surface area contributed by atoms with Gasteiger partial charge in [0.15, 0.2) is 0 Å². The fourth-order valence-corrected chi connectivity index (χ4v) is 0. The second-order valence-corrected chi connectivity index (χ2v) is 2.07. The molecule has 0 rings (SSSR count). The predicted molar refractivity (Wildman–Crippen MR) is 20.9 cm³/mol. The van der Waals surface area contributed by atoms with Crippen LogP contribution in [0.15, 0.2) is 0 Å². The normalized spacial score (nSPS) is 12.0. The molecule has 0 amide bonds. The van der Waals surface area contributed by atoms with Crippen LogP contribution in [0.4, 0.5) is 4.39 Å². The number of hydrogen-bond acceptors (Lipinski definition) is 0. The molecule has 0 N–H and O–H groups in total. The fourth-order valence-electron chi connectivity index (χ4n) is 0. The summed E-state index contributed by atoms with van der Waals surface area (Å²) in [6.07, 6.45) is 0. The lowest BCUT2D eigenvalue weighted by Crippen LogP contribution is -2.01. The van der Waals surface area contributed by atoms with E-state index in [-0.39, 0.29) is 0 Å². The third-order valence-corrected chi connectivity index (χ3v) is 0. The zero-order valence-electron chi connectivity index (χ0n) is 3.88. The third-order valence-electron chi connectivity index (χ3n) is 0. The van der Waals surface area contributed by atoms with Crippen molar-refractivity contribution in [3.63, 3.8) is 0 Å². The summed E-state index contributed by atoms with van der Waals surface area (Å²) in [5.41, 5.74) is -1.00. The van der Waals surface area contributed by atoms with Gasteiger partial charge in [0.25, 0.3) is 0 Å². The first-order valence-electron chi connectivity index (χ1n) is 1.69. The molecule has 0 nitrogen and oxygen atoms in total. The van der Waals surface area contributed by atoms with E-state index in [1.165, 1.54) is 20.8 Å². The van der Waals surface area contributed by atoms with Gasteiger partial charge >= 0.3 is 0 Å². The minimum Gasteiger partial charge on any atom is -0.245 e. The molecule has 0 fully saturated rings. The van der Waals surface area contributed by atoms with Crippen LogP contribution in [0, 0.1) is 0 Å². The molecule has 0 atom stereocenters. The lowest BCUT2D eigenvalue weighted by atomic mass is 10.2. The summed E-state index contributed by atoms with van der Waals surface area (Å²) >= 11 is 0. The van der Waals surface area contributed by atoms with Crippen LogP contribution in [0.3, 0.4) is 0 Å². The molecule has 0 aliphatic rings. The Labute approximate surface area is 32.0 Å². The largest absolute Gasteiger partial charge is 0.245 e. The molecule has 0 bridgehead atoms. The van der Waals surface area contributed by atoms with Gasteiger partial charge in [0.05, 0.1) is 0 Å². The highest BCUT2D eigenvalue weighted by Gasteiger charge is 2.01. The second kappa shape index (κ2) is 0.959. The first-order chi connectivity index (χ1) is 2.00. The summed E-state index contributed by atoms with van der Waals surface area (Å²) < 4.78 is 11.7. The maximum atomic E-state index is 11.7. The Bertz CT molecular complexity index is 19.1. The van der Waals surface area contributed by atoms with Crippen LogP contribution < -0.4 is 0 Å². The molecule has 0 aromatic rings. The zero-order valence-corrected chi connectivity index (χ0v) is 3.88. The van der Waals surface area contributed by atoms with Crippen LogP contribution in [0.25, 0.3) is 0 Å². The maximum Gasteiger partial charge on any atom is 0.102 e. The molecule has 5 heavy (non-hydrogen) atoms. The van der Waals surface area contributed by atoms with E-state index in [9.17, 15) is 4.39 Å². The van der Waals surface area contributed by atoms with Crippen molar-refractivity contribution in [3.05, 3.63) is 0 Å². The van der Waals surface area contributed by atoms with Gasteiger partial charge in [0, 0.05) is 0 Å². The van der Waals surface area contributed by atoms with Crippen molar-refractivity contribution in [2.24, 2.45) is 0 Å². The molecule has 0 aliphatic heterocycles. The average molecular weight is 75.1 g/mol. The molecule has 0 unspecified atom stereocenters. The van der Waals surface area contributed by atoms with Crippen LogP contribution >= 0.6 is 0 Å². The molecule has 1 heteroatoms. The Hall–Kier alpha value is -0.0700. The van der Waals surface area contributed by atoms with Gasteiger partial charge in [-0.2, -0.15) is 0 Å². The van der Waals surface area contributed by atoms with Crippen LogP contribution in [0.2, 0.25) is 0 Å². The van der Waals surface area contributed by atoms with Crippen molar-refractivity contribution in [3.8, 4) is 0 Å². The Kier molecular flexibility index (Phi) is 0.946. The highest BCUT2D eigenvalue weighted by Crippen LogP contribution is 2.02. The van der Waals surface area contributed by atoms with Crippen LogP contribution in [-0.4, -0.2) is 5.67 Å². The standard InChI is InChI=1S/C4H9F/c1-4(2,3)5/h1-3H3/i5-1. The number of rotatable bonds is 0. The first-order valence-corrected chi connectivity index (χ1v) is 1.69. The Morgan fingerprint density at radius 2 is 1.20 bits per heavy atom. The van der Waals surface area contributed by atoms with Gasteiger partial charge in [-0.1, -0.05) is 0 Å². The molecule has 0 aromatic heterocycles. The molecule has 0 saturated carbocycles. The molecule has 0 saturated heterocycles. The summed E-state index contributed by atoms with van der Waals surface area (Å²) in [6.45, 7) is 4.56. The quantitative estimate of drug-likeness (QED) is 0.411. The van der Waals surface area contributed by atoms with Crippen molar-refractivity contribution in [1.29, 1.82) is 0 Å². The van der Waals surface area contributed by atoms with Gasteiger partial charge in [-0.25, -0.2) is 4.39 Å². The van der Waals surface area contributed by atoms with Gasteiger partial charge in [-0.05, 0) is 20.8 Å². The molecule has 32 valence electrons. The second-order valence-electron chi connectivity index (χ2n) is 2.07. The monoisotopic (exact) mass is 75.1 g/mol. The summed E-state index contributed by atoms with van der Waals surface area (Å²) in [6, 6.07) is 0. The smallest absolute Gasteiger partial charge is 0.102 e. The number of halogens is 1. The van der Waals surface area contributed by atoms with Crippen molar-refractivity contribution in [2.45, 2.75) is 26.4 Å². The van der Waals surface area contributed by atoms with E-state index in [4.69, 9.17) is 0 Å². The Morgan fingerprint density at radius 3 is 1.20 bits per heavy atom. The summed E-state index contributed by atoms with van der Waals surface area (Å²) in [5, 5.41) is 0. The maximum absolute atomic E-state index is 11.7. The lowest BCUT2D eigenvalue weighted by Gasteiger charge is -1.99. The van der Waals surface area contributed by atoms with Crippen molar-refractivity contribution >= 4 is 0 Å². The Balaban J connectivity index is 3.02. The van der Waals surface area contributed by atoms with Crippen molar-refractivity contribution in [2.75, 3.05) is 0 Å². The van der Waals surface area contributed by atoms with E-state index in [1.807, 2.05) is 0 Å². The molecule has 0 spiro atoms. The highest BCUT2D eigenvalue weighted by molar-refractivity contribution is 4.52. The van der Waals surface area contributed by atoms with Crippen LogP contribution in [-0.2, 0) is 0 Å². The fraction of sp³-hybridized carbons (Fsp3) is 1.00. The molecule has 0 radical (unpaired) electrons. The number of alkyl halides is 1. The summed E-state index contributed by atoms with van der Waals surface area (Å²) in [7, 11) is 0. The molecule has 0 aromatic carbocycles. The van der Waals surface area contributed by atoms with Crippen LogP contribution in [0.1, 0.15) is 20.8 Å². The molecule has 0 heterocycles. The van der Waals surface area contributed by atoms with E-state index in [2.05, 4.69) is 0 Å². The summed E-state index contributed by atoms with van der Waals surface area (Å²) in [4.78, 5) is 0. The van der Waals surface area contributed by atoms with E-state index < -0.39 is 5.67 Å². The van der Waals surface area contributed by atoms with E-state index >= 15 is 0 Å². The SMILES string of the molecule is CC(C)(C)[18F]. The van der Waals surface area contributed by atoms with Gasteiger partial charge in [-0.3, -0.25) is 0 Å². The van der Waals surface area contributed by atoms with Gasteiger partial charge < -0.3 is 0 Å². The van der Waals surface area contributed by atoms with Gasteiger partial charge in [-0.15, -0.1) is 0 Å². The number of hydrogen-bond donors (Lipinski definition) is 0. The molecular weight excluding hydrogens is 66.0 g/mol. The van der Waals surface area contributed by atoms with Gasteiger partial charge in [0.2, 0.25) is 0 Å². The first kappa shape index (κ1) is 4.93. The topological polar surface area (TPSA) is 0 Å². The van der Waals surface area contributed by atoms with Crippen molar-refractivity contribution in [1.82, 2.24) is 0 Å². The average Bonchev–Trinajstić information content (AvgIpc) is 0.722. The van der Waals surface area contributed by atoms with E-state index in [1.54, 1.807) is 0 Å². The zero-order chi connectivity index (χ0) is 4.50. The third kappa shape index (κ3) is 2990. The van der Waals surface area contributed by atoms with Crippen molar-refractivity contribution < 1.29 is 4.39 Å². The predicted octanol–water partition coefficient (Wildman–Crippen LogP) is 1.75. The Morgan fingerprint density at radius 1 is 1.20 bits per heavy atom. The van der Waals surface area contributed by atoms with Gasteiger partial charge in [0.1, 0.15) is 5.67 Å². The van der Waals surface area contributed by atoms with E-state index in [0.717, 1.165) is 0 Å². The van der Waals surface area contributed by atoms with Crippen LogP contribution in [0.5, 0.6) is 0 Å².